The maximum Gasteiger partial charge on any atom is 0.253 e. The summed E-state index contributed by atoms with van der Waals surface area (Å²) in [7, 11) is -3.62. The monoisotopic (exact) mass is 455 g/mol. The topological polar surface area (TPSA) is 95.1 Å². The minimum Gasteiger partial charge on any atom is -0.336 e. The molecule has 2 saturated heterocycles. The van der Waals surface area contributed by atoms with Crippen LogP contribution in [0.3, 0.4) is 0 Å². The predicted octanol–water partition coefficient (Wildman–Crippen LogP) is 2.10. The third kappa shape index (κ3) is 4.05. The Balaban J connectivity index is 1.42. The summed E-state index contributed by atoms with van der Waals surface area (Å²) in [6.07, 6.45) is 0.406. The minimum atomic E-state index is -3.62. The first-order valence-corrected chi connectivity index (χ1v) is 11.9. The molecule has 168 valence electrons. The van der Waals surface area contributed by atoms with Gasteiger partial charge in [0.1, 0.15) is 0 Å². The summed E-state index contributed by atoms with van der Waals surface area (Å²) in [5.74, 6) is -0.690. The molecule has 0 radical (unpaired) electrons. The summed E-state index contributed by atoms with van der Waals surface area (Å²) in [5, 5.41) is 0. The molecular formula is C23H25N3O5S. The molecule has 0 atom stereocenters. The number of carbonyl (C=O) groups is 3. The fraction of sp³-hybridized carbons (Fsp3) is 0.348. The third-order valence-corrected chi connectivity index (χ3v) is 7.96. The van der Waals surface area contributed by atoms with Crippen molar-refractivity contribution in [2.75, 3.05) is 31.1 Å². The van der Waals surface area contributed by atoms with E-state index in [4.69, 9.17) is 0 Å². The van der Waals surface area contributed by atoms with Crippen LogP contribution in [0.4, 0.5) is 5.69 Å². The summed E-state index contributed by atoms with van der Waals surface area (Å²) < 4.78 is 27.5. The second-order valence-electron chi connectivity index (χ2n) is 8.13. The fourth-order valence-electron chi connectivity index (χ4n) is 4.16. The lowest BCUT2D eigenvalue weighted by atomic mass is 10.1. The highest BCUT2D eigenvalue weighted by Crippen LogP contribution is 2.25. The molecule has 0 aromatic heterocycles. The van der Waals surface area contributed by atoms with Crippen LogP contribution in [-0.4, -0.2) is 61.5 Å². The molecule has 3 amide bonds. The summed E-state index contributed by atoms with van der Waals surface area (Å²) in [4.78, 5) is 39.7. The molecule has 8 nitrogen and oxygen atoms in total. The van der Waals surface area contributed by atoms with Crippen molar-refractivity contribution in [2.45, 2.75) is 31.6 Å². The first-order valence-electron chi connectivity index (χ1n) is 10.5. The highest BCUT2D eigenvalue weighted by Gasteiger charge is 2.32. The maximum absolute atomic E-state index is 13.0. The number of hydrogen-bond acceptors (Lipinski definition) is 5. The van der Waals surface area contributed by atoms with E-state index < -0.39 is 10.0 Å². The van der Waals surface area contributed by atoms with Gasteiger partial charge in [0.2, 0.25) is 21.8 Å². The van der Waals surface area contributed by atoms with Crippen LogP contribution in [0.1, 0.15) is 34.3 Å². The molecule has 0 spiro atoms. The van der Waals surface area contributed by atoms with Crippen molar-refractivity contribution in [3.8, 4) is 0 Å². The Morgan fingerprint density at radius 2 is 1.44 bits per heavy atom. The average molecular weight is 456 g/mol. The van der Waals surface area contributed by atoms with Gasteiger partial charge in [-0.2, -0.15) is 4.31 Å². The molecule has 0 N–H and O–H groups in total. The standard InChI is InChI=1S/C23H25N3O5S/c1-16-3-8-20(17(2)15-16)32(30,31)25-13-11-24(12-14-25)23(29)18-4-6-19(7-5-18)26-21(27)9-10-22(26)28/h3-8,15H,9-14H2,1-2H3. The van der Waals surface area contributed by atoms with Crippen molar-refractivity contribution >= 4 is 33.4 Å². The Morgan fingerprint density at radius 1 is 0.844 bits per heavy atom. The highest BCUT2D eigenvalue weighted by atomic mass is 32.2. The molecule has 2 aromatic carbocycles. The Hall–Kier alpha value is -3.04. The lowest BCUT2D eigenvalue weighted by Crippen LogP contribution is -2.50. The number of amides is 3. The normalized spacial score (nSPS) is 17.8. The molecule has 4 rings (SSSR count). The zero-order valence-corrected chi connectivity index (χ0v) is 18.9. The number of anilines is 1. The molecule has 9 heteroatoms. The molecule has 2 fully saturated rings. The van der Waals surface area contributed by atoms with E-state index >= 15 is 0 Å². The zero-order valence-electron chi connectivity index (χ0n) is 18.1. The number of rotatable bonds is 4. The van der Waals surface area contributed by atoms with Crippen LogP contribution < -0.4 is 4.90 Å². The molecule has 0 saturated carbocycles. The van der Waals surface area contributed by atoms with Crippen molar-refractivity contribution in [3.05, 3.63) is 59.2 Å². The molecule has 2 heterocycles. The summed E-state index contributed by atoms with van der Waals surface area (Å²) in [5.41, 5.74) is 2.59. The third-order valence-electron chi connectivity index (χ3n) is 5.90. The molecule has 0 bridgehead atoms. The van der Waals surface area contributed by atoms with Gasteiger partial charge in [-0.05, 0) is 49.7 Å². The first kappa shape index (κ1) is 22.2. The van der Waals surface area contributed by atoms with Crippen molar-refractivity contribution in [2.24, 2.45) is 0 Å². The van der Waals surface area contributed by atoms with Gasteiger partial charge in [-0.1, -0.05) is 17.7 Å². The second kappa shape index (κ2) is 8.48. The zero-order chi connectivity index (χ0) is 23.0. The van der Waals surface area contributed by atoms with E-state index in [-0.39, 0.29) is 56.7 Å². The van der Waals surface area contributed by atoms with Gasteiger partial charge in [-0.15, -0.1) is 0 Å². The molecule has 2 aliphatic rings. The van der Waals surface area contributed by atoms with E-state index in [0.717, 1.165) is 10.5 Å². The number of carbonyl (C=O) groups excluding carboxylic acids is 3. The SMILES string of the molecule is Cc1ccc(S(=O)(=O)N2CCN(C(=O)c3ccc(N4C(=O)CCC4=O)cc3)CC2)c(C)c1. The average Bonchev–Trinajstić information content (AvgIpc) is 3.11. The number of benzene rings is 2. The lowest BCUT2D eigenvalue weighted by molar-refractivity contribution is -0.121. The van der Waals surface area contributed by atoms with Crippen LogP contribution >= 0.6 is 0 Å². The van der Waals surface area contributed by atoms with Crippen LogP contribution in [0.5, 0.6) is 0 Å². The van der Waals surface area contributed by atoms with Crippen molar-refractivity contribution < 1.29 is 22.8 Å². The van der Waals surface area contributed by atoms with Gasteiger partial charge in [-0.25, -0.2) is 8.42 Å². The number of hydrogen-bond donors (Lipinski definition) is 0. The van der Waals surface area contributed by atoms with E-state index in [1.54, 1.807) is 48.2 Å². The van der Waals surface area contributed by atoms with Gasteiger partial charge in [0.05, 0.1) is 10.6 Å². The molecule has 32 heavy (non-hydrogen) atoms. The predicted molar refractivity (Wildman–Crippen MR) is 119 cm³/mol. The summed E-state index contributed by atoms with van der Waals surface area (Å²) >= 11 is 0. The van der Waals surface area contributed by atoms with Crippen molar-refractivity contribution in [1.29, 1.82) is 0 Å². The Morgan fingerprint density at radius 3 is 2.00 bits per heavy atom. The molecule has 0 unspecified atom stereocenters. The second-order valence-corrected chi connectivity index (χ2v) is 10.0. The van der Waals surface area contributed by atoms with Gasteiger partial charge < -0.3 is 4.90 Å². The van der Waals surface area contributed by atoms with Gasteiger partial charge in [-0.3, -0.25) is 19.3 Å². The van der Waals surface area contributed by atoms with Gasteiger partial charge >= 0.3 is 0 Å². The maximum atomic E-state index is 13.0. The smallest absolute Gasteiger partial charge is 0.253 e. The molecule has 2 aliphatic heterocycles. The largest absolute Gasteiger partial charge is 0.336 e. The molecule has 2 aromatic rings. The van der Waals surface area contributed by atoms with Crippen molar-refractivity contribution in [1.82, 2.24) is 9.21 Å². The number of piperazine rings is 1. The quantitative estimate of drug-likeness (QED) is 0.658. The highest BCUT2D eigenvalue weighted by molar-refractivity contribution is 7.89. The van der Waals surface area contributed by atoms with Crippen molar-refractivity contribution in [3.63, 3.8) is 0 Å². The fourth-order valence-corrected chi connectivity index (χ4v) is 5.79. The van der Waals surface area contributed by atoms with E-state index in [9.17, 15) is 22.8 Å². The van der Waals surface area contributed by atoms with Crippen LogP contribution in [0, 0.1) is 13.8 Å². The number of nitrogens with zero attached hydrogens (tertiary/aromatic N) is 3. The van der Waals surface area contributed by atoms with E-state index in [0.29, 0.717) is 21.7 Å². The summed E-state index contributed by atoms with van der Waals surface area (Å²) in [6, 6.07) is 11.6. The van der Waals surface area contributed by atoms with E-state index in [1.807, 2.05) is 13.0 Å². The van der Waals surface area contributed by atoms with E-state index in [2.05, 4.69) is 0 Å². The Bertz CT molecular complexity index is 1170. The van der Waals surface area contributed by atoms with Gasteiger partial charge in [0, 0.05) is 44.6 Å². The Labute approximate surface area is 187 Å². The van der Waals surface area contributed by atoms with Crippen LogP contribution in [-0.2, 0) is 19.6 Å². The minimum absolute atomic E-state index is 0.203. The van der Waals surface area contributed by atoms with Crippen LogP contribution in [0.15, 0.2) is 47.4 Å². The van der Waals surface area contributed by atoms with Gasteiger partial charge in [0.15, 0.2) is 0 Å². The number of imide groups is 1. The molecular weight excluding hydrogens is 430 g/mol. The lowest BCUT2D eigenvalue weighted by Gasteiger charge is -2.34. The number of sulfonamides is 1. The van der Waals surface area contributed by atoms with Crippen LogP contribution in [0.25, 0.3) is 0 Å². The molecule has 0 aliphatic carbocycles. The van der Waals surface area contributed by atoms with Crippen LogP contribution in [0.2, 0.25) is 0 Å². The summed E-state index contributed by atoms with van der Waals surface area (Å²) in [6.45, 7) is 4.71. The first-order chi connectivity index (χ1) is 15.2. The Kier molecular flexibility index (Phi) is 5.87. The van der Waals surface area contributed by atoms with E-state index in [1.165, 1.54) is 4.31 Å². The number of aryl methyl sites for hydroxylation is 2. The van der Waals surface area contributed by atoms with Gasteiger partial charge in [0.25, 0.3) is 5.91 Å².